The van der Waals surface area contributed by atoms with Crippen LogP contribution in [-0.2, 0) is 5.60 Å². The Hall–Kier alpha value is -1.64. The van der Waals surface area contributed by atoms with Crippen molar-refractivity contribution in [2.24, 2.45) is 5.92 Å². The number of benzene rings is 2. The van der Waals surface area contributed by atoms with E-state index in [1.807, 2.05) is 0 Å². The van der Waals surface area contributed by atoms with Gasteiger partial charge >= 0.3 is 0 Å². The highest BCUT2D eigenvalue weighted by Crippen LogP contribution is 2.44. The first-order chi connectivity index (χ1) is 13.0. The number of rotatable bonds is 4. The quantitative estimate of drug-likeness (QED) is 0.808. The molecule has 0 saturated carbocycles. The molecule has 144 valence electrons. The number of aryl methyl sites for hydroxylation is 2. The highest BCUT2D eigenvalue weighted by Gasteiger charge is 2.42. The maximum Gasteiger partial charge on any atom is 0.115 e. The van der Waals surface area contributed by atoms with E-state index in [9.17, 15) is 5.11 Å². The summed E-state index contributed by atoms with van der Waals surface area (Å²) in [7, 11) is 2.31. The van der Waals surface area contributed by atoms with Crippen LogP contribution in [0.15, 0.2) is 48.5 Å². The summed E-state index contributed by atoms with van der Waals surface area (Å²) in [5.74, 6) is 0.570. The minimum absolute atomic E-state index is 0.570. The smallest absolute Gasteiger partial charge is 0.115 e. The molecule has 0 aliphatic carbocycles. The predicted octanol–water partition coefficient (Wildman–Crippen LogP) is 5.19. The van der Waals surface area contributed by atoms with E-state index in [0.717, 1.165) is 17.5 Å². The van der Waals surface area contributed by atoms with E-state index < -0.39 is 5.60 Å². The van der Waals surface area contributed by atoms with E-state index in [-0.39, 0.29) is 0 Å². The molecule has 0 spiro atoms. The van der Waals surface area contributed by atoms with Gasteiger partial charge in [-0.15, -0.1) is 0 Å². The van der Waals surface area contributed by atoms with Crippen LogP contribution in [0, 0.1) is 19.8 Å². The van der Waals surface area contributed by atoms with Crippen molar-refractivity contribution in [1.29, 1.82) is 0 Å². The van der Waals surface area contributed by atoms with Crippen LogP contribution in [-0.4, -0.2) is 29.1 Å². The van der Waals surface area contributed by atoms with Crippen molar-refractivity contribution in [3.8, 4) is 0 Å². The van der Waals surface area contributed by atoms with Crippen molar-refractivity contribution < 1.29 is 5.11 Å². The average Bonchev–Trinajstić information content (AvgIpc) is 2.63. The van der Waals surface area contributed by atoms with Crippen LogP contribution in [0.4, 0.5) is 0 Å². The molecule has 2 aromatic carbocycles. The Bertz CT molecular complexity index is 739. The van der Waals surface area contributed by atoms with E-state index >= 15 is 0 Å². The van der Waals surface area contributed by atoms with Gasteiger partial charge in [0.1, 0.15) is 5.60 Å². The first-order valence-corrected chi connectivity index (χ1v) is 10.6. The minimum Gasteiger partial charge on any atom is -0.380 e. The molecule has 2 aliphatic heterocycles. The standard InChI is InChI=1S/C25H33NO/c1-18-9-4-6-13-23(18)25(27,24-14-7-5-10-19(24)2)17-20-15-21-11-8-12-22(16-20)26(21)3/h4-7,9-10,13-14,20-22,27H,8,11-12,15-17H2,1-3H3/t20?,21-,22+. The topological polar surface area (TPSA) is 23.5 Å². The number of hydrogen-bond donors (Lipinski definition) is 1. The Kier molecular flexibility index (Phi) is 5.13. The van der Waals surface area contributed by atoms with Crippen LogP contribution in [0.2, 0.25) is 0 Å². The molecule has 2 saturated heterocycles. The van der Waals surface area contributed by atoms with Crippen molar-refractivity contribution in [1.82, 2.24) is 4.90 Å². The molecular formula is C25H33NO. The summed E-state index contributed by atoms with van der Waals surface area (Å²) >= 11 is 0. The molecule has 1 unspecified atom stereocenters. The third kappa shape index (κ3) is 3.46. The fraction of sp³-hybridized carbons (Fsp3) is 0.520. The minimum atomic E-state index is -0.911. The lowest BCUT2D eigenvalue weighted by molar-refractivity contribution is -0.00679. The predicted molar refractivity (Wildman–Crippen MR) is 112 cm³/mol. The van der Waals surface area contributed by atoms with Crippen molar-refractivity contribution >= 4 is 0 Å². The first-order valence-electron chi connectivity index (χ1n) is 10.6. The number of hydrogen-bond acceptors (Lipinski definition) is 2. The second-order valence-electron chi connectivity index (χ2n) is 8.94. The molecule has 3 atom stereocenters. The lowest BCUT2D eigenvalue weighted by atomic mass is 9.70. The molecular weight excluding hydrogens is 330 g/mol. The van der Waals surface area contributed by atoms with Crippen molar-refractivity contribution in [3.63, 3.8) is 0 Å². The molecule has 2 aromatic rings. The van der Waals surface area contributed by atoms with E-state index in [4.69, 9.17) is 0 Å². The lowest BCUT2D eigenvalue weighted by Crippen LogP contribution is -2.50. The van der Waals surface area contributed by atoms with Crippen LogP contribution in [0.3, 0.4) is 0 Å². The van der Waals surface area contributed by atoms with Gasteiger partial charge in [0.2, 0.25) is 0 Å². The highest BCUT2D eigenvalue weighted by atomic mass is 16.3. The van der Waals surface area contributed by atoms with Crippen LogP contribution in [0.5, 0.6) is 0 Å². The fourth-order valence-corrected chi connectivity index (χ4v) is 5.75. The SMILES string of the molecule is Cc1ccccc1C(O)(CC1C[C@H]2CCC[C@@H](C1)N2C)c1ccccc1C. The summed E-state index contributed by atoms with van der Waals surface area (Å²) in [6.45, 7) is 4.25. The third-order valence-corrected chi connectivity index (χ3v) is 7.20. The Labute approximate surface area is 164 Å². The molecule has 2 heteroatoms. The summed E-state index contributed by atoms with van der Waals surface area (Å²) in [5, 5.41) is 12.2. The second kappa shape index (κ2) is 7.41. The molecule has 2 aliphatic rings. The summed E-state index contributed by atoms with van der Waals surface area (Å²) < 4.78 is 0. The summed E-state index contributed by atoms with van der Waals surface area (Å²) in [6.07, 6.45) is 7.25. The number of piperidine rings is 2. The van der Waals surface area contributed by atoms with Gasteiger partial charge in [-0.3, -0.25) is 0 Å². The molecule has 2 bridgehead atoms. The van der Waals surface area contributed by atoms with E-state index in [0.29, 0.717) is 18.0 Å². The van der Waals surface area contributed by atoms with Gasteiger partial charge in [-0.25, -0.2) is 0 Å². The second-order valence-corrected chi connectivity index (χ2v) is 8.94. The molecule has 2 nitrogen and oxygen atoms in total. The zero-order chi connectivity index (χ0) is 19.0. The van der Waals surface area contributed by atoms with Crippen molar-refractivity contribution in [2.45, 2.75) is 70.1 Å². The molecule has 0 amide bonds. The van der Waals surface area contributed by atoms with Gasteiger partial charge < -0.3 is 10.0 Å². The molecule has 27 heavy (non-hydrogen) atoms. The number of fused-ring (bicyclic) bond motifs is 2. The first kappa shape index (κ1) is 18.7. The number of nitrogens with zero attached hydrogens (tertiary/aromatic N) is 1. The molecule has 4 rings (SSSR count). The van der Waals surface area contributed by atoms with Gasteiger partial charge in [0.05, 0.1) is 0 Å². The third-order valence-electron chi connectivity index (χ3n) is 7.20. The molecule has 2 fully saturated rings. The Morgan fingerprint density at radius 2 is 1.37 bits per heavy atom. The highest BCUT2D eigenvalue weighted by molar-refractivity contribution is 5.43. The zero-order valence-electron chi connectivity index (χ0n) is 17.0. The zero-order valence-corrected chi connectivity index (χ0v) is 17.0. The maximum atomic E-state index is 12.2. The molecule has 1 N–H and O–H groups in total. The van der Waals surface area contributed by atoms with Crippen LogP contribution in [0.1, 0.15) is 60.8 Å². The van der Waals surface area contributed by atoms with Gasteiger partial charge in [0.15, 0.2) is 0 Å². The Morgan fingerprint density at radius 1 is 0.889 bits per heavy atom. The lowest BCUT2D eigenvalue weighted by Gasteiger charge is -2.48. The summed E-state index contributed by atoms with van der Waals surface area (Å²) in [6, 6.07) is 18.2. The maximum absolute atomic E-state index is 12.2. The van der Waals surface area contributed by atoms with Gasteiger partial charge in [-0.2, -0.15) is 0 Å². The summed E-state index contributed by atoms with van der Waals surface area (Å²) in [4.78, 5) is 2.61. The average molecular weight is 364 g/mol. The fourth-order valence-electron chi connectivity index (χ4n) is 5.75. The van der Waals surface area contributed by atoms with Gasteiger partial charge in [-0.1, -0.05) is 55.0 Å². The normalized spacial score (nSPS) is 26.1. The van der Waals surface area contributed by atoms with Gasteiger partial charge in [-0.05, 0) is 81.2 Å². The molecule has 0 aromatic heterocycles. The molecule has 0 radical (unpaired) electrons. The number of aliphatic hydroxyl groups is 1. The van der Waals surface area contributed by atoms with E-state index in [1.165, 1.54) is 43.2 Å². The van der Waals surface area contributed by atoms with E-state index in [2.05, 4.69) is 74.3 Å². The van der Waals surface area contributed by atoms with Gasteiger partial charge in [0, 0.05) is 12.1 Å². The molecule has 2 heterocycles. The van der Waals surface area contributed by atoms with E-state index in [1.54, 1.807) is 0 Å². The monoisotopic (exact) mass is 363 g/mol. The van der Waals surface area contributed by atoms with Crippen molar-refractivity contribution in [2.75, 3.05) is 7.05 Å². The van der Waals surface area contributed by atoms with Crippen LogP contribution >= 0.6 is 0 Å². The van der Waals surface area contributed by atoms with Crippen LogP contribution in [0.25, 0.3) is 0 Å². The van der Waals surface area contributed by atoms with Crippen molar-refractivity contribution in [3.05, 3.63) is 70.8 Å². The van der Waals surface area contributed by atoms with Crippen LogP contribution < -0.4 is 0 Å². The Balaban J connectivity index is 1.71. The van der Waals surface area contributed by atoms with Gasteiger partial charge in [0.25, 0.3) is 0 Å². The summed E-state index contributed by atoms with van der Waals surface area (Å²) in [5.41, 5.74) is 3.59. The Morgan fingerprint density at radius 3 is 1.85 bits per heavy atom. The largest absolute Gasteiger partial charge is 0.380 e.